The van der Waals surface area contributed by atoms with E-state index in [4.69, 9.17) is 0 Å². The van der Waals surface area contributed by atoms with Crippen molar-refractivity contribution < 1.29 is 13.6 Å². The van der Waals surface area contributed by atoms with Gasteiger partial charge in [0.05, 0.1) is 11.7 Å². The molecule has 2 amide bonds. The van der Waals surface area contributed by atoms with Crippen molar-refractivity contribution in [2.75, 3.05) is 26.0 Å². The zero-order valence-corrected chi connectivity index (χ0v) is 14.6. The summed E-state index contributed by atoms with van der Waals surface area (Å²) in [7, 11) is 3.86. The molecule has 0 aliphatic rings. The molecule has 2 rings (SSSR count). The van der Waals surface area contributed by atoms with Gasteiger partial charge in [0.15, 0.2) is 0 Å². The Kier molecular flexibility index (Phi) is 6.47. The predicted octanol–water partition coefficient (Wildman–Crippen LogP) is 3.95. The molecule has 0 saturated carbocycles. The first-order valence-corrected chi connectivity index (χ1v) is 8.16. The molecule has 1 unspecified atom stereocenters. The van der Waals surface area contributed by atoms with Gasteiger partial charge in [0.25, 0.3) is 0 Å². The van der Waals surface area contributed by atoms with E-state index < -0.39 is 17.7 Å². The molecule has 134 valence electrons. The first-order valence-electron chi connectivity index (χ1n) is 8.16. The van der Waals surface area contributed by atoms with Crippen molar-refractivity contribution in [3.8, 4) is 0 Å². The first kappa shape index (κ1) is 18.9. The summed E-state index contributed by atoms with van der Waals surface area (Å²) in [5, 5.41) is 5.12. The van der Waals surface area contributed by atoms with E-state index in [9.17, 15) is 13.6 Å². The Balaban J connectivity index is 1.99. The Morgan fingerprint density at radius 3 is 2.36 bits per heavy atom. The molecule has 2 aromatic rings. The Labute approximate surface area is 146 Å². The molecule has 0 fully saturated rings. The number of aryl methyl sites for hydroxylation is 1. The highest BCUT2D eigenvalue weighted by Gasteiger charge is 2.16. The number of urea groups is 1. The summed E-state index contributed by atoms with van der Waals surface area (Å²) in [6.45, 7) is 2.45. The Morgan fingerprint density at radius 2 is 1.80 bits per heavy atom. The molecule has 0 aliphatic carbocycles. The normalized spacial score (nSPS) is 12.1. The highest BCUT2D eigenvalue weighted by Crippen LogP contribution is 2.19. The van der Waals surface area contributed by atoms with Crippen LogP contribution in [0.15, 0.2) is 42.5 Å². The average Bonchev–Trinajstić information content (AvgIpc) is 2.58. The van der Waals surface area contributed by atoms with Gasteiger partial charge in [-0.15, -0.1) is 0 Å². The van der Waals surface area contributed by atoms with Gasteiger partial charge in [0.1, 0.15) is 11.6 Å². The van der Waals surface area contributed by atoms with E-state index in [0.29, 0.717) is 6.54 Å². The van der Waals surface area contributed by atoms with Gasteiger partial charge in [-0.3, -0.25) is 0 Å². The number of nitrogens with zero attached hydrogens (tertiary/aromatic N) is 1. The van der Waals surface area contributed by atoms with Crippen LogP contribution in [0.5, 0.6) is 0 Å². The second-order valence-corrected chi connectivity index (χ2v) is 6.03. The van der Waals surface area contributed by atoms with Crippen molar-refractivity contribution in [1.82, 2.24) is 10.2 Å². The molecule has 0 spiro atoms. The molecule has 1 atom stereocenters. The smallest absolute Gasteiger partial charge is 0.319 e. The maximum Gasteiger partial charge on any atom is 0.319 e. The van der Waals surface area contributed by atoms with E-state index in [-0.39, 0.29) is 11.7 Å². The van der Waals surface area contributed by atoms with Crippen molar-refractivity contribution in [3.63, 3.8) is 0 Å². The second kappa shape index (κ2) is 8.58. The van der Waals surface area contributed by atoms with Crippen molar-refractivity contribution >= 4 is 11.7 Å². The van der Waals surface area contributed by atoms with Crippen LogP contribution in [0.4, 0.5) is 19.3 Å². The lowest BCUT2D eigenvalue weighted by Gasteiger charge is -2.25. The van der Waals surface area contributed by atoms with Crippen LogP contribution in [0.25, 0.3) is 0 Å². The third kappa shape index (κ3) is 5.26. The minimum atomic E-state index is -0.811. The Morgan fingerprint density at radius 1 is 1.12 bits per heavy atom. The number of carbonyl (C=O) groups excluding carboxylic acids is 1. The number of benzene rings is 2. The lowest BCUT2D eigenvalue weighted by atomic mass is 10.0. The van der Waals surface area contributed by atoms with Gasteiger partial charge < -0.3 is 15.5 Å². The Bertz CT molecular complexity index is 717. The van der Waals surface area contributed by atoms with Crippen LogP contribution in [0, 0.1) is 11.6 Å². The lowest BCUT2D eigenvalue weighted by Crippen LogP contribution is -2.37. The van der Waals surface area contributed by atoms with E-state index >= 15 is 0 Å². The van der Waals surface area contributed by atoms with Gasteiger partial charge in [0.2, 0.25) is 0 Å². The molecule has 2 aromatic carbocycles. The summed E-state index contributed by atoms with van der Waals surface area (Å²) >= 11 is 0. The van der Waals surface area contributed by atoms with E-state index in [1.807, 2.05) is 31.1 Å². The number of halogens is 2. The molecule has 4 nitrogen and oxygen atoms in total. The minimum absolute atomic E-state index is 0.0188. The molecule has 0 aromatic heterocycles. The molecular weight excluding hydrogens is 324 g/mol. The molecule has 0 saturated heterocycles. The molecule has 0 heterocycles. The number of hydrogen-bond acceptors (Lipinski definition) is 2. The fourth-order valence-electron chi connectivity index (χ4n) is 2.52. The largest absolute Gasteiger partial charge is 0.336 e. The molecular formula is C19H23F2N3O. The molecule has 2 N–H and O–H groups in total. The summed E-state index contributed by atoms with van der Waals surface area (Å²) in [5.41, 5.74) is 2.27. The van der Waals surface area contributed by atoms with Gasteiger partial charge in [-0.25, -0.2) is 13.6 Å². The number of amides is 2. The van der Waals surface area contributed by atoms with E-state index in [0.717, 1.165) is 24.1 Å². The van der Waals surface area contributed by atoms with Gasteiger partial charge in [-0.05, 0) is 43.8 Å². The monoisotopic (exact) mass is 347 g/mol. The maximum atomic E-state index is 13.6. The fraction of sp³-hybridized carbons (Fsp3) is 0.316. The van der Waals surface area contributed by atoms with Crippen molar-refractivity contribution in [3.05, 3.63) is 65.2 Å². The molecule has 25 heavy (non-hydrogen) atoms. The third-order valence-corrected chi connectivity index (χ3v) is 4.03. The number of likely N-dealkylation sites (N-methyl/N-ethyl adjacent to an activating group) is 1. The first-order chi connectivity index (χ1) is 11.9. The average molecular weight is 347 g/mol. The maximum absolute atomic E-state index is 13.6. The standard InChI is InChI=1S/C19H23F2N3O/c1-4-13-5-7-14(8-6-13)18(24(2)3)12-22-19(25)23-17-10-9-15(20)11-16(17)21/h5-11,18H,4,12H2,1-3H3,(H2,22,23,25). The number of carbonyl (C=O) groups is 1. The summed E-state index contributed by atoms with van der Waals surface area (Å²) in [6, 6.07) is 10.7. The van der Waals surface area contributed by atoms with Crippen LogP contribution in [-0.4, -0.2) is 31.6 Å². The van der Waals surface area contributed by atoms with E-state index in [1.54, 1.807) is 0 Å². The fourth-order valence-corrected chi connectivity index (χ4v) is 2.52. The summed E-state index contributed by atoms with van der Waals surface area (Å²) < 4.78 is 26.5. The Hall–Kier alpha value is -2.47. The van der Waals surface area contributed by atoms with Crippen LogP contribution in [0.1, 0.15) is 24.1 Å². The number of rotatable bonds is 6. The van der Waals surface area contributed by atoms with Crippen LogP contribution < -0.4 is 10.6 Å². The molecule has 0 bridgehead atoms. The SMILES string of the molecule is CCc1ccc(C(CNC(=O)Nc2ccc(F)cc2F)N(C)C)cc1. The van der Waals surface area contributed by atoms with Crippen LogP contribution in [0.3, 0.4) is 0 Å². The van der Waals surface area contributed by atoms with Gasteiger partial charge in [0, 0.05) is 12.6 Å². The second-order valence-electron chi connectivity index (χ2n) is 6.03. The van der Waals surface area contributed by atoms with Gasteiger partial charge in [-0.2, -0.15) is 0 Å². The summed E-state index contributed by atoms with van der Waals surface area (Å²) in [4.78, 5) is 14.0. The van der Waals surface area contributed by atoms with Gasteiger partial charge in [-0.1, -0.05) is 31.2 Å². The molecule has 0 aliphatic heterocycles. The third-order valence-electron chi connectivity index (χ3n) is 4.03. The van der Waals surface area contributed by atoms with E-state index in [2.05, 4.69) is 29.7 Å². The molecule has 0 radical (unpaired) electrons. The van der Waals surface area contributed by atoms with Crippen molar-refractivity contribution in [1.29, 1.82) is 0 Å². The van der Waals surface area contributed by atoms with Crippen LogP contribution >= 0.6 is 0 Å². The highest BCUT2D eigenvalue weighted by molar-refractivity contribution is 5.89. The van der Waals surface area contributed by atoms with Crippen molar-refractivity contribution in [2.24, 2.45) is 0 Å². The van der Waals surface area contributed by atoms with E-state index in [1.165, 1.54) is 11.6 Å². The lowest BCUT2D eigenvalue weighted by molar-refractivity contribution is 0.243. The topological polar surface area (TPSA) is 44.4 Å². The predicted molar refractivity (Wildman–Crippen MR) is 95.6 cm³/mol. The molecule has 6 heteroatoms. The number of nitrogens with one attached hydrogen (secondary N) is 2. The summed E-state index contributed by atoms with van der Waals surface area (Å²) in [6.07, 6.45) is 0.969. The quantitative estimate of drug-likeness (QED) is 0.831. The highest BCUT2D eigenvalue weighted by atomic mass is 19.1. The van der Waals surface area contributed by atoms with Crippen LogP contribution in [0.2, 0.25) is 0 Å². The number of anilines is 1. The zero-order valence-electron chi connectivity index (χ0n) is 14.6. The van der Waals surface area contributed by atoms with Crippen LogP contribution in [-0.2, 0) is 6.42 Å². The summed E-state index contributed by atoms with van der Waals surface area (Å²) in [5.74, 6) is -1.50. The number of hydrogen-bond donors (Lipinski definition) is 2. The minimum Gasteiger partial charge on any atom is -0.336 e. The van der Waals surface area contributed by atoms with Gasteiger partial charge >= 0.3 is 6.03 Å². The zero-order chi connectivity index (χ0) is 18.4. The van der Waals surface area contributed by atoms with Crippen molar-refractivity contribution in [2.45, 2.75) is 19.4 Å².